The number of aliphatic hydroxyl groups is 1. The normalized spacial score (nSPS) is 14.4. The largest absolute Gasteiger partial charge is 0.497 e. The number of hydrogen-bond acceptors (Lipinski definition) is 6. The molecule has 1 aromatic heterocycles. The molecule has 6 nitrogen and oxygen atoms in total. The molecule has 2 rings (SSSR count). The van der Waals surface area contributed by atoms with Crippen molar-refractivity contribution >= 4 is 17.4 Å². The second kappa shape index (κ2) is 7.82. The van der Waals surface area contributed by atoms with Crippen LogP contribution in [-0.4, -0.2) is 35.9 Å². The van der Waals surface area contributed by atoms with Gasteiger partial charge in [0.25, 0.3) is 0 Å². The van der Waals surface area contributed by atoms with Crippen molar-refractivity contribution in [3.8, 4) is 11.5 Å². The van der Waals surface area contributed by atoms with E-state index in [1.807, 2.05) is 0 Å². The van der Waals surface area contributed by atoms with E-state index >= 15 is 0 Å². The van der Waals surface area contributed by atoms with E-state index < -0.39 is 12.9 Å². The maximum absolute atomic E-state index is 9.56. The molecule has 0 radical (unpaired) electrons. The molecular formula is C15H18ClN3O3. The minimum atomic E-state index is -3.18. The third-order valence-electron chi connectivity index (χ3n) is 2.92. The number of hydrogen-bond donors (Lipinski definition) is 2. The lowest BCUT2D eigenvalue weighted by Crippen LogP contribution is -2.08. The lowest BCUT2D eigenvalue weighted by Gasteiger charge is -2.14. The number of ether oxygens (including phenoxy) is 2. The predicted octanol–water partition coefficient (Wildman–Crippen LogP) is 2.29. The second-order valence-electron chi connectivity index (χ2n) is 4.16. The highest BCUT2D eigenvalue weighted by Crippen LogP contribution is 2.26. The summed E-state index contributed by atoms with van der Waals surface area (Å²) < 4.78 is 40.9. The van der Waals surface area contributed by atoms with E-state index in [1.165, 1.54) is 14.2 Å². The Morgan fingerprint density at radius 2 is 2.14 bits per heavy atom. The number of aromatic nitrogens is 2. The van der Waals surface area contributed by atoms with Crippen molar-refractivity contribution in [3.63, 3.8) is 0 Å². The standard InChI is InChI=1S/C15H18ClN3O3/c1-21-11-4-3-10(13(7-11)22-2)8-17-15-12(5-6-20)14(16)18-9-19-15/h3-4,7,9,20H,5-6,8H2,1-2H3,(H,17,18,19)/i5D2,6D2. The van der Waals surface area contributed by atoms with Crippen LogP contribution in [0.25, 0.3) is 0 Å². The van der Waals surface area contributed by atoms with Crippen LogP contribution in [0.3, 0.4) is 0 Å². The summed E-state index contributed by atoms with van der Waals surface area (Å²) in [5, 5.41) is 12.1. The molecule has 0 aliphatic carbocycles. The van der Waals surface area contributed by atoms with Crippen LogP contribution in [0.5, 0.6) is 11.5 Å². The molecule has 0 saturated heterocycles. The first-order chi connectivity index (χ1) is 12.1. The van der Waals surface area contributed by atoms with Crippen molar-refractivity contribution in [2.24, 2.45) is 0 Å². The van der Waals surface area contributed by atoms with Gasteiger partial charge in [0.05, 0.1) is 17.0 Å². The number of nitrogens with one attached hydrogen (secondary N) is 1. The van der Waals surface area contributed by atoms with Crippen LogP contribution in [-0.2, 0) is 12.9 Å². The molecule has 2 aromatic rings. The summed E-state index contributed by atoms with van der Waals surface area (Å²) in [5.41, 5.74) is 0.350. The summed E-state index contributed by atoms with van der Waals surface area (Å²) in [6, 6.07) is 5.18. The fraction of sp³-hybridized carbons (Fsp3) is 0.333. The lowest BCUT2D eigenvalue weighted by molar-refractivity contribution is 0.299. The quantitative estimate of drug-likeness (QED) is 0.760. The Bertz CT molecular complexity index is 787. The average Bonchev–Trinajstić information content (AvgIpc) is 2.58. The van der Waals surface area contributed by atoms with Gasteiger partial charge in [0.1, 0.15) is 28.8 Å². The molecular weight excluding hydrogens is 306 g/mol. The van der Waals surface area contributed by atoms with Crippen molar-refractivity contribution in [2.75, 3.05) is 26.1 Å². The molecule has 0 amide bonds. The maximum Gasteiger partial charge on any atom is 0.137 e. The summed E-state index contributed by atoms with van der Waals surface area (Å²) in [6.07, 6.45) is -1.72. The molecule has 7 heteroatoms. The van der Waals surface area contributed by atoms with Crippen molar-refractivity contribution in [1.82, 2.24) is 9.97 Å². The molecule has 0 fully saturated rings. The smallest absolute Gasteiger partial charge is 0.137 e. The highest BCUT2D eigenvalue weighted by Gasteiger charge is 2.11. The molecule has 0 atom stereocenters. The van der Waals surface area contributed by atoms with Gasteiger partial charge in [-0.3, -0.25) is 0 Å². The van der Waals surface area contributed by atoms with Gasteiger partial charge in [-0.25, -0.2) is 9.97 Å². The zero-order valence-corrected chi connectivity index (χ0v) is 12.8. The highest BCUT2D eigenvalue weighted by molar-refractivity contribution is 6.30. The molecule has 0 saturated carbocycles. The van der Waals surface area contributed by atoms with Gasteiger partial charge < -0.3 is 19.9 Å². The lowest BCUT2D eigenvalue weighted by atomic mass is 10.1. The number of halogens is 1. The summed E-state index contributed by atoms with van der Waals surface area (Å²) >= 11 is 5.95. The minimum Gasteiger partial charge on any atom is -0.497 e. The molecule has 118 valence electrons. The SMILES string of the molecule is [2H]C([2H])(O)C([2H])([2H])c1c(Cl)ncnc1NCc1ccc(OC)cc1OC. The van der Waals surface area contributed by atoms with Gasteiger partial charge in [-0.2, -0.15) is 0 Å². The molecule has 22 heavy (non-hydrogen) atoms. The zero-order chi connectivity index (χ0) is 19.5. The van der Waals surface area contributed by atoms with Gasteiger partial charge in [-0.05, 0) is 12.1 Å². The zero-order valence-electron chi connectivity index (χ0n) is 16.1. The van der Waals surface area contributed by atoms with Crippen LogP contribution in [0.15, 0.2) is 24.5 Å². The van der Waals surface area contributed by atoms with E-state index in [0.29, 0.717) is 11.5 Å². The Kier molecular flexibility index (Phi) is 4.09. The third kappa shape index (κ3) is 3.78. The fourth-order valence-corrected chi connectivity index (χ4v) is 2.02. The van der Waals surface area contributed by atoms with Crippen molar-refractivity contribution in [3.05, 3.63) is 40.8 Å². The molecule has 1 aromatic carbocycles. The van der Waals surface area contributed by atoms with Crippen molar-refractivity contribution in [2.45, 2.75) is 12.9 Å². The number of benzene rings is 1. The third-order valence-corrected chi connectivity index (χ3v) is 3.21. The molecule has 2 N–H and O–H groups in total. The van der Waals surface area contributed by atoms with E-state index in [1.54, 1.807) is 18.2 Å². The molecule has 0 unspecified atom stereocenters. The number of methoxy groups -OCH3 is 2. The van der Waals surface area contributed by atoms with Crippen LogP contribution in [0.1, 0.15) is 16.6 Å². The first-order valence-electron chi connectivity index (χ1n) is 8.30. The van der Waals surface area contributed by atoms with Gasteiger partial charge in [0, 0.05) is 39.4 Å². The summed E-state index contributed by atoms with van der Waals surface area (Å²) in [5.74, 6) is 1.12. The van der Waals surface area contributed by atoms with E-state index in [2.05, 4.69) is 15.3 Å². The Hall–Kier alpha value is -2.05. The molecule has 0 aliphatic rings. The van der Waals surface area contributed by atoms with E-state index in [0.717, 1.165) is 11.9 Å². The van der Waals surface area contributed by atoms with Crippen molar-refractivity contribution in [1.29, 1.82) is 0 Å². The van der Waals surface area contributed by atoms with Gasteiger partial charge in [0.2, 0.25) is 0 Å². The van der Waals surface area contributed by atoms with Crippen LogP contribution < -0.4 is 14.8 Å². The van der Waals surface area contributed by atoms with Crippen molar-refractivity contribution < 1.29 is 20.1 Å². The van der Waals surface area contributed by atoms with Gasteiger partial charge in [-0.1, -0.05) is 11.6 Å². The first kappa shape index (κ1) is 11.5. The molecule has 1 heterocycles. The predicted molar refractivity (Wildman–Crippen MR) is 84.7 cm³/mol. The Morgan fingerprint density at radius 1 is 1.32 bits per heavy atom. The topological polar surface area (TPSA) is 76.5 Å². The summed E-state index contributed by atoms with van der Waals surface area (Å²) in [7, 11) is 3.04. The van der Waals surface area contributed by atoms with E-state index in [9.17, 15) is 5.11 Å². The van der Waals surface area contributed by atoms with Crippen LogP contribution >= 0.6 is 11.6 Å². The summed E-state index contributed by atoms with van der Waals surface area (Å²) in [6.45, 7) is -3.01. The highest BCUT2D eigenvalue weighted by atomic mass is 35.5. The molecule has 0 spiro atoms. The molecule has 0 bridgehead atoms. The Balaban J connectivity index is 2.36. The minimum absolute atomic E-state index is 0.0363. The average molecular weight is 328 g/mol. The first-order valence-corrected chi connectivity index (χ1v) is 6.67. The maximum atomic E-state index is 9.56. The van der Waals surface area contributed by atoms with Gasteiger partial charge in [-0.15, -0.1) is 0 Å². The van der Waals surface area contributed by atoms with Gasteiger partial charge >= 0.3 is 0 Å². The van der Waals surface area contributed by atoms with Crippen LogP contribution in [0.2, 0.25) is 5.15 Å². The van der Waals surface area contributed by atoms with Gasteiger partial charge in [0.15, 0.2) is 0 Å². The Labute approximate surface area is 139 Å². The number of nitrogens with zero attached hydrogens (tertiary/aromatic N) is 2. The second-order valence-corrected chi connectivity index (χ2v) is 4.51. The Morgan fingerprint density at radius 3 is 2.82 bits per heavy atom. The van der Waals surface area contributed by atoms with E-state index in [4.69, 9.17) is 26.6 Å². The summed E-state index contributed by atoms with van der Waals surface area (Å²) in [4.78, 5) is 7.62. The fourth-order valence-electron chi connectivity index (χ4n) is 1.84. The molecule has 0 aliphatic heterocycles. The number of anilines is 1. The number of rotatable bonds is 7. The monoisotopic (exact) mass is 327 g/mol. The van der Waals surface area contributed by atoms with Crippen LogP contribution in [0.4, 0.5) is 5.82 Å². The van der Waals surface area contributed by atoms with Crippen LogP contribution in [0, 0.1) is 0 Å². The van der Waals surface area contributed by atoms with E-state index in [-0.39, 0.29) is 23.1 Å².